The van der Waals surface area contributed by atoms with Crippen LogP contribution in [0.4, 0.5) is 5.69 Å². The minimum Gasteiger partial charge on any atom is -0.373 e. The predicted octanol–water partition coefficient (Wildman–Crippen LogP) is 0.372. The van der Waals surface area contributed by atoms with Gasteiger partial charge in [-0.3, -0.25) is 9.59 Å². The third kappa shape index (κ3) is 2.41. The lowest BCUT2D eigenvalue weighted by Gasteiger charge is -2.23. The highest BCUT2D eigenvalue weighted by atomic mass is 16.2. The smallest absolute Gasteiger partial charge is 0.245 e. The Balaban J connectivity index is 1.70. The van der Waals surface area contributed by atoms with Crippen molar-refractivity contribution >= 4 is 17.5 Å². The lowest BCUT2D eigenvalue weighted by Crippen LogP contribution is -2.45. The van der Waals surface area contributed by atoms with Crippen LogP contribution in [0, 0.1) is 0 Å². The summed E-state index contributed by atoms with van der Waals surface area (Å²) in [6.07, 6.45) is 1.52. The summed E-state index contributed by atoms with van der Waals surface area (Å²) < 4.78 is 0. The van der Waals surface area contributed by atoms with Gasteiger partial charge in [0.25, 0.3) is 0 Å². The van der Waals surface area contributed by atoms with Crippen LogP contribution < -0.4 is 10.6 Å². The van der Waals surface area contributed by atoms with Crippen molar-refractivity contribution in [3.63, 3.8) is 0 Å². The van der Waals surface area contributed by atoms with Crippen LogP contribution in [0.15, 0.2) is 24.3 Å². The summed E-state index contributed by atoms with van der Waals surface area (Å²) in [6.45, 7) is 1.47. The van der Waals surface area contributed by atoms with E-state index in [9.17, 15) is 9.59 Å². The number of carbonyl (C=O) groups excluding carboxylic acids is 2. The molecule has 0 spiro atoms. The highest BCUT2D eigenvalue weighted by molar-refractivity contribution is 5.91. The normalized spacial score (nSPS) is 22.2. The van der Waals surface area contributed by atoms with E-state index in [0.29, 0.717) is 19.5 Å². The molecule has 0 aromatic heterocycles. The zero-order valence-electron chi connectivity index (χ0n) is 10.7. The molecule has 100 valence electrons. The molecule has 5 heteroatoms. The summed E-state index contributed by atoms with van der Waals surface area (Å²) in [5.74, 6) is -0.0467. The summed E-state index contributed by atoms with van der Waals surface area (Å²) in [4.78, 5) is 25.6. The van der Waals surface area contributed by atoms with Crippen LogP contribution in [-0.2, 0) is 16.0 Å². The van der Waals surface area contributed by atoms with E-state index in [0.717, 1.165) is 12.1 Å². The average molecular weight is 259 g/mol. The van der Waals surface area contributed by atoms with Gasteiger partial charge in [-0.15, -0.1) is 0 Å². The first-order valence-corrected chi connectivity index (χ1v) is 6.64. The van der Waals surface area contributed by atoms with Gasteiger partial charge in [-0.2, -0.15) is 0 Å². The molecule has 1 saturated heterocycles. The number of amides is 2. The predicted molar refractivity (Wildman–Crippen MR) is 71.8 cm³/mol. The molecule has 0 saturated carbocycles. The van der Waals surface area contributed by atoms with Gasteiger partial charge in [0.1, 0.15) is 6.04 Å². The van der Waals surface area contributed by atoms with Gasteiger partial charge >= 0.3 is 0 Å². The van der Waals surface area contributed by atoms with Crippen molar-refractivity contribution in [3.8, 4) is 0 Å². The number of carbonyl (C=O) groups is 2. The highest BCUT2D eigenvalue weighted by Gasteiger charge is 2.31. The van der Waals surface area contributed by atoms with Gasteiger partial charge < -0.3 is 15.5 Å². The first-order chi connectivity index (χ1) is 9.24. The van der Waals surface area contributed by atoms with E-state index in [1.165, 1.54) is 5.56 Å². The van der Waals surface area contributed by atoms with Crippen molar-refractivity contribution in [1.82, 2.24) is 10.2 Å². The molecule has 5 nitrogen and oxygen atoms in total. The molecule has 2 amide bonds. The first kappa shape index (κ1) is 12.0. The van der Waals surface area contributed by atoms with Crippen LogP contribution in [0.2, 0.25) is 0 Å². The van der Waals surface area contributed by atoms with Crippen LogP contribution in [0.5, 0.6) is 0 Å². The van der Waals surface area contributed by atoms with Crippen molar-refractivity contribution in [3.05, 3.63) is 29.8 Å². The topological polar surface area (TPSA) is 61.4 Å². The Morgan fingerprint density at radius 2 is 2.16 bits per heavy atom. The lowest BCUT2D eigenvalue weighted by atomic mass is 10.1. The number of anilines is 1. The molecular formula is C14H17N3O2. The van der Waals surface area contributed by atoms with Crippen LogP contribution in [0.25, 0.3) is 0 Å². The van der Waals surface area contributed by atoms with E-state index in [1.807, 2.05) is 24.3 Å². The minimum absolute atomic E-state index is 0.0215. The van der Waals surface area contributed by atoms with Crippen molar-refractivity contribution in [1.29, 1.82) is 0 Å². The molecule has 2 aliphatic rings. The van der Waals surface area contributed by atoms with E-state index in [4.69, 9.17) is 0 Å². The number of hydrogen-bond donors (Lipinski definition) is 2. The van der Waals surface area contributed by atoms with Crippen molar-refractivity contribution < 1.29 is 9.59 Å². The maximum Gasteiger partial charge on any atom is 0.245 e. The zero-order chi connectivity index (χ0) is 13.2. The van der Waals surface area contributed by atoms with Gasteiger partial charge in [0.2, 0.25) is 11.8 Å². The quantitative estimate of drug-likeness (QED) is 0.766. The Bertz CT molecular complexity index is 490. The molecule has 3 rings (SSSR count). The van der Waals surface area contributed by atoms with E-state index in [2.05, 4.69) is 10.6 Å². The molecule has 0 radical (unpaired) electrons. The van der Waals surface area contributed by atoms with Gasteiger partial charge in [-0.05, 0) is 18.1 Å². The Hall–Kier alpha value is -2.04. The van der Waals surface area contributed by atoms with Crippen molar-refractivity contribution in [2.75, 3.05) is 25.0 Å². The van der Waals surface area contributed by atoms with Crippen LogP contribution in [-0.4, -0.2) is 42.4 Å². The van der Waals surface area contributed by atoms with E-state index in [-0.39, 0.29) is 24.4 Å². The molecule has 19 heavy (non-hydrogen) atoms. The number of nitrogens with zero attached hydrogens (tertiary/aromatic N) is 1. The van der Waals surface area contributed by atoms with E-state index in [1.54, 1.807) is 4.90 Å². The lowest BCUT2D eigenvalue weighted by molar-refractivity contribution is -0.135. The van der Waals surface area contributed by atoms with Gasteiger partial charge in [-0.25, -0.2) is 0 Å². The Morgan fingerprint density at radius 3 is 3.00 bits per heavy atom. The first-order valence-electron chi connectivity index (χ1n) is 6.64. The molecule has 1 unspecified atom stereocenters. The van der Waals surface area contributed by atoms with Crippen molar-refractivity contribution in [2.45, 2.75) is 18.9 Å². The fraction of sp³-hybridized carbons (Fsp3) is 0.429. The number of benzene rings is 1. The summed E-state index contributed by atoms with van der Waals surface area (Å²) >= 11 is 0. The van der Waals surface area contributed by atoms with Crippen molar-refractivity contribution in [2.24, 2.45) is 0 Å². The maximum atomic E-state index is 12.5. The van der Waals surface area contributed by atoms with Crippen LogP contribution >= 0.6 is 0 Å². The standard InChI is InChI=1S/C14H17N3O2/c18-13-9-17(7-3-6-15-13)14(19)12-8-10-4-1-2-5-11(10)16-12/h1-2,4-5,12,16H,3,6-9H2,(H,15,18). The number of fused-ring (bicyclic) bond motifs is 1. The molecule has 2 heterocycles. The number of hydrogen-bond acceptors (Lipinski definition) is 3. The van der Waals surface area contributed by atoms with Crippen LogP contribution in [0.1, 0.15) is 12.0 Å². The molecule has 2 N–H and O–H groups in total. The number of nitrogens with one attached hydrogen (secondary N) is 2. The third-order valence-corrected chi connectivity index (χ3v) is 3.64. The molecule has 1 aromatic rings. The van der Waals surface area contributed by atoms with E-state index < -0.39 is 0 Å². The summed E-state index contributed by atoms with van der Waals surface area (Å²) in [7, 11) is 0. The molecule has 1 aromatic carbocycles. The Labute approximate surface area is 112 Å². The fourth-order valence-corrected chi connectivity index (χ4v) is 2.66. The Morgan fingerprint density at radius 1 is 1.32 bits per heavy atom. The summed E-state index contributed by atoms with van der Waals surface area (Å²) in [5.41, 5.74) is 2.19. The summed E-state index contributed by atoms with van der Waals surface area (Å²) in [6, 6.07) is 7.72. The maximum absolute atomic E-state index is 12.5. The molecule has 1 fully saturated rings. The van der Waals surface area contributed by atoms with Gasteiger partial charge in [0.05, 0.1) is 6.54 Å². The fourth-order valence-electron chi connectivity index (χ4n) is 2.66. The average Bonchev–Trinajstić information content (AvgIpc) is 2.73. The third-order valence-electron chi connectivity index (χ3n) is 3.64. The summed E-state index contributed by atoms with van der Waals surface area (Å²) in [5, 5.41) is 6.03. The van der Waals surface area contributed by atoms with Gasteiger partial charge in [-0.1, -0.05) is 18.2 Å². The van der Waals surface area contributed by atoms with Gasteiger partial charge in [0, 0.05) is 25.2 Å². The van der Waals surface area contributed by atoms with Crippen LogP contribution in [0.3, 0.4) is 0 Å². The minimum atomic E-state index is -0.233. The molecular weight excluding hydrogens is 242 g/mol. The second-order valence-electron chi connectivity index (χ2n) is 5.02. The number of rotatable bonds is 1. The van der Waals surface area contributed by atoms with E-state index >= 15 is 0 Å². The SMILES string of the molecule is O=C1CN(C(=O)C2Cc3ccccc3N2)CCCN1. The zero-order valence-corrected chi connectivity index (χ0v) is 10.7. The number of para-hydroxylation sites is 1. The molecule has 2 aliphatic heterocycles. The molecule has 0 aliphatic carbocycles. The monoisotopic (exact) mass is 259 g/mol. The second-order valence-corrected chi connectivity index (χ2v) is 5.02. The Kier molecular flexibility index (Phi) is 3.11. The van der Waals surface area contributed by atoms with Gasteiger partial charge in [0.15, 0.2) is 0 Å². The molecule has 0 bridgehead atoms. The largest absolute Gasteiger partial charge is 0.373 e. The molecule has 1 atom stereocenters. The highest BCUT2D eigenvalue weighted by Crippen LogP contribution is 2.26. The second kappa shape index (κ2) is 4.91.